The van der Waals surface area contributed by atoms with Crippen LogP contribution < -0.4 is 4.90 Å². The van der Waals surface area contributed by atoms with E-state index in [2.05, 4.69) is 23.7 Å². The van der Waals surface area contributed by atoms with Gasteiger partial charge in [0, 0.05) is 40.4 Å². The lowest BCUT2D eigenvalue weighted by molar-refractivity contribution is 0.0784. The maximum absolute atomic E-state index is 12.4. The van der Waals surface area contributed by atoms with Gasteiger partial charge >= 0.3 is 0 Å². The van der Waals surface area contributed by atoms with Crippen LogP contribution in [0.25, 0.3) is 9.53 Å². The Hall–Kier alpha value is -1.18. The third-order valence-corrected chi connectivity index (χ3v) is 5.72. The topological polar surface area (TPSA) is 45.7 Å². The van der Waals surface area contributed by atoms with Crippen LogP contribution in [0.3, 0.4) is 0 Å². The lowest BCUT2D eigenvalue weighted by Gasteiger charge is -2.16. The molecule has 2 heterocycles. The molecule has 0 aliphatic carbocycles. The number of anilines is 1. The van der Waals surface area contributed by atoms with Crippen LogP contribution in [0.2, 0.25) is 0 Å². The molecule has 0 unspecified atom stereocenters. The number of thiazole rings is 1. The van der Waals surface area contributed by atoms with Crippen molar-refractivity contribution in [3.8, 4) is 0 Å². The second kappa shape index (κ2) is 7.89. The van der Waals surface area contributed by atoms with Crippen LogP contribution in [0.15, 0.2) is 6.07 Å². The predicted octanol–water partition coefficient (Wildman–Crippen LogP) is 3.31. The third kappa shape index (κ3) is 3.77. The minimum atomic E-state index is 0.0655. The van der Waals surface area contributed by atoms with Crippen LogP contribution in [-0.2, 0) is 4.74 Å². The van der Waals surface area contributed by atoms with Gasteiger partial charge < -0.3 is 14.5 Å². The number of thiophene rings is 1. The highest BCUT2D eigenvalue weighted by atomic mass is 32.1. The molecule has 0 aliphatic rings. The molecule has 0 bridgehead atoms. The Morgan fingerprint density at radius 1 is 1.32 bits per heavy atom. The zero-order chi connectivity index (χ0) is 16.1. The summed E-state index contributed by atoms with van der Waals surface area (Å²) in [4.78, 5) is 22.8. The van der Waals surface area contributed by atoms with E-state index in [0.29, 0.717) is 13.2 Å². The Morgan fingerprint density at radius 3 is 2.64 bits per heavy atom. The SMILES string of the molecule is CCN(CC)c1nc2sc(C(=O)N(C)CCCOC)cc2s1. The van der Waals surface area contributed by atoms with E-state index in [1.165, 1.54) is 11.3 Å². The Kier molecular flexibility index (Phi) is 6.16. The highest BCUT2D eigenvalue weighted by Crippen LogP contribution is 2.34. The van der Waals surface area contributed by atoms with Crippen LogP contribution in [0.4, 0.5) is 5.13 Å². The van der Waals surface area contributed by atoms with E-state index in [-0.39, 0.29) is 5.91 Å². The van der Waals surface area contributed by atoms with Crippen LogP contribution in [-0.4, -0.2) is 56.2 Å². The molecule has 22 heavy (non-hydrogen) atoms. The van der Waals surface area contributed by atoms with E-state index in [1.807, 2.05) is 13.1 Å². The fraction of sp³-hybridized carbons (Fsp3) is 0.600. The molecule has 5 nitrogen and oxygen atoms in total. The number of methoxy groups -OCH3 is 1. The number of nitrogens with zero attached hydrogens (tertiary/aromatic N) is 3. The summed E-state index contributed by atoms with van der Waals surface area (Å²) < 4.78 is 6.12. The van der Waals surface area contributed by atoms with Crippen molar-refractivity contribution in [2.75, 3.05) is 45.3 Å². The molecule has 2 aromatic heterocycles. The fourth-order valence-electron chi connectivity index (χ4n) is 2.19. The summed E-state index contributed by atoms with van der Waals surface area (Å²) in [5, 5.41) is 1.04. The number of hydrogen-bond donors (Lipinski definition) is 0. The molecule has 2 aromatic rings. The summed E-state index contributed by atoms with van der Waals surface area (Å²) in [5.74, 6) is 0.0655. The average Bonchev–Trinajstić information content (AvgIpc) is 3.06. The summed E-state index contributed by atoms with van der Waals surface area (Å²) in [6.45, 7) is 7.53. The number of fused-ring (bicyclic) bond motifs is 1. The Labute approximate surface area is 139 Å². The van der Waals surface area contributed by atoms with Crippen molar-refractivity contribution < 1.29 is 9.53 Å². The lowest BCUT2D eigenvalue weighted by atomic mass is 10.3. The monoisotopic (exact) mass is 341 g/mol. The second-order valence-electron chi connectivity index (χ2n) is 5.02. The van der Waals surface area contributed by atoms with Crippen molar-refractivity contribution >= 4 is 43.2 Å². The van der Waals surface area contributed by atoms with E-state index in [0.717, 1.165) is 39.0 Å². The summed E-state index contributed by atoms with van der Waals surface area (Å²) in [5.41, 5.74) is 0. The van der Waals surface area contributed by atoms with E-state index in [1.54, 1.807) is 23.3 Å². The van der Waals surface area contributed by atoms with Crippen molar-refractivity contribution in [1.29, 1.82) is 0 Å². The maximum Gasteiger partial charge on any atom is 0.263 e. The van der Waals surface area contributed by atoms with E-state index < -0.39 is 0 Å². The molecule has 0 aliphatic heterocycles. The molecule has 0 fully saturated rings. The molecule has 0 aromatic carbocycles. The molecular formula is C15H23N3O2S2. The average molecular weight is 342 g/mol. The molecule has 1 amide bonds. The summed E-state index contributed by atoms with van der Waals surface area (Å²) in [6.07, 6.45) is 0.850. The van der Waals surface area contributed by atoms with E-state index in [9.17, 15) is 4.79 Å². The molecule has 0 atom stereocenters. The summed E-state index contributed by atoms with van der Waals surface area (Å²) in [7, 11) is 3.51. The molecule has 2 rings (SSSR count). The first-order valence-electron chi connectivity index (χ1n) is 7.50. The van der Waals surface area contributed by atoms with Gasteiger partial charge in [-0.25, -0.2) is 4.98 Å². The molecular weight excluding hydrogens is 318 g/mol. The van der Waals surface area contributed by atoms with Gasteiger partial charge in [-0.05, 0) is 26.3 Å². The minimum absolute atomic E-state index is 0.0655. The van der Waals surface area contributed by atoms with Gasteiger partial charge in [0.05, 0.1) is 9.58 Å². The quantitative estimate of drug-likeness (QED) is 0.691. The molecule has 0 saturated carbocycles. The van der Waals surface area contributed by atoms with Crippen LogP contribution in [0, 0.1) is 0 Å². The first-order chi connectivity index (χ1) is 10.6. The molecule has 0 N–H and O–H groups in total. The molecule has 0 saturated heterocycles. The summed E-state index contributed by atoms with van der Waals surface area (Å²) >= 11 is 3.14. The van der Waals surface area contributed by atoms with E-state index >= 15 is 0 Å². The number of aromatic nitrogens is 1. The molecule has 0 radical (unpaired) electrons. The Bertz CT molecular complexity index is 588. The van der Waals surface area contributed by atoms with Gasteiger partial charge in [0.15, 0.2) is 5.13 Å². The fourth-order valence-corrected chi connectivity index (χ4v) is 4.53. The number of rotatable bonds is 8. The predicted molar refractivity (Wildman–Crippen MR) is 94.5 cm³/mol. The normalized spacial score (nSPS) is 11.1. The standard InChI is InChI=1S/C15H23N3O2S2/c1-5-18(6-2)15-16-13-11(22-15)10-12(21-13)14(19)17(3)8-7-9-20-4/h10H,5-9H2,1-4H3. The van der Waals surface area contributed by atoms with Gasteiger partial charge in [0.1, 0.15) is 4.83 Å². The largest absolute Gasteiger partial charge is 0.385 e. The van der Waals surface area contributed by atoms with Crippen molar-refractivity contribution in [3.63, 3.8) is 0 Å². The van der Waals surface area contributed by atoms with Gasteiger partial charge in [-0.15, -0.1) is 11.3 Å². The highest BCUT2D eigenvalue weighted by Gasteiger charge is 2.18. The lowest BCUT2D eigenvalue weighted by Crippen LogP contribution is -2.27. The van der Waals surface area contributed by atoms with Gasteiger partial charge in [-0.1, -0.05) is 11.3 Å². The zero-order valence-corrected chi connectivity index (χ0v) is 15.2. The second-order valence-corrected chi connectivity index (χ2v) is 7.06. The Morgan fingerprint density at radius 2 is 2.05 bits per heavy atom. The Balaban J connectivity index is 2.09. The molecule has 7 heteroatoms. The number of ether oxygens (including phenoxy) is 1. The van der Waals surface area contributed by atoms with Gasteiger partial charge in [-0.2, -0.15) is 0 Å². The maximum atomic E-state index is 12.4. The van der Waals surface area contributed by atoms with Crippen molar-refractivity contribution in [3.05, 3.63) is 10.9 Å². The number of amides is 1. The van der Waals surface area contributed by atoms with Crippen molar-refractivity contribution in [2.45, 2.75) is 20.3 Å². The number of carbonyl (C=O) groups is 1. The van der Waals surface area contributed by atoms with E-state index in [4.69, 9.17) is 4.74 Å². The molecule has 0 spiro atoms. The first kappa shape index (κ1) is 17.2. The first-order valence-corrected chi connectivity index (χ1v) is 9.13. The number of hydrogen-bond acceptors (Lipinski definition) is 6. The number of carbonyl (C=O) groups excluding carboxylic acids is 1. The smallest absolute Gasteiger partial charge is 0.263 e. The van der Waals surface area contributed by atoms with Crippen molar-refractivity contribution in [1.82, 2.24) is 9.88 Å². The van der Waals surface area contributed by atoms with Gasteiger partial charge in [0.25, 0.3) is 5.91 Å². The van der Waals surface area contributed by atoms with Gasteiger partial charge in [-0.3, -0.25) is 4.79 Å². The van der Waals surface area contributed by atoms with Crippen LogP contribution >= 0.6 is 22.7 Å². The molecule has 122 valence electrons. The summed E-state index contributed by atoms with van der Waals surface area (Å²) in [6, 6.07) is 1.97. The van der Waals surface area contributed by atoms with Gasteiger partial charge in [0.2, 0.25) is 0 Å². The zero-order valence-electron chi connectivity index (χ0n) is 13.6. The minimum Gasteiger partial charge on any atom is -0.385 e. The third-order valence-electron chi connectivity index (χ3n) is 3.51. The highest BCUT2D eigenvalue weighted by molar-refractivity contribution is 7.29. The van der Waals surface area contributed by atoms with Crippen LogP contribution in [0.5, 0.6) is 0 Å². The van der Waals surface area contributed by atoms with Crippen LogP contribution in [0.1, 0.15) is 29.9 Å². The van der Waals surface area contributed by atoms with Crippen molar-refractivity contribution in [2.24, 2.45) is 0 Å².